The van der Waals surface area contributed by atoms with Crippen LogP contribution in [-0.4, -0.2) is 29.6 Å². The maximum Gasteiger partial charge on any atom is 0.313 e. The molecule has 120 valence electrons. The third-order valence-electron chi connectivity index (χ3n) is 3.95. The number of amides is 2. The lowest BCUT2D eigenvalue weighted by atomic mass is 9.87. The summed E-state index contributed by atoms with van der Waals surface area (Å²) in [5, 5.41) is 15.2. The molecule has 0 aliphatic heterocycles. The van der Waals surface area contributed by atoms with E-state index < -0.39 is 11.8 Å². The van der Waals surface area contributed by atoms with E-state index >= 15 is 0 Å². The highest BCUT2D eigenvalue weighted by Gasteiger charge is 2.22. The number of anilines is 1. The van der Waals surface area contributed by atoms with Crippen LogP contribution in [0.4, 0.5) is 5.69 Å². The number of carbonyl (C=O) groups excluding carboxylic acids is 2. The number of hydrogen-bond donors (Lipinski definition) is 3. The fraction of sp³-hybridized carbons (Fsp3) is 0.500. The number of aliphatic hydroxyl groups is 1. The summed E-state index contributed by atoms with van der Waals surface area (Å²) in [6, 6.07) is 5.24. The lowest BCUT2D eigenvalue weighted by Gasteiger charge is -2.25. The molecule has 1 aromatic rings. The second kappa shape index (κ2) is 7.61. The van der Waals surface area contributed by atoms with Crippen LogP contribution in [0.5, 0.6) is 0 Å². The molecule has 1 aromatic carbocycles. The number of rotatable bonds is 3. The van der Waals surface area contributed by atoms with Crippen LogP contribution >= 0.6 is 11.6 Å². The lowest BCUT2D eigenvalue weighted by molar-refractivity contribution is -0.136. The Morgan fingerprint density at radius 2 is 2.09 bits per heavy atom. The average Bonchev–Trinajstić information content (AvgIpc) is 2.49. The molecule has 0 radical (unpaired) electrons. The third kappa shape index (κ3) is 4.45. The van der Waals surface area contributed by atoms with Gasteiger partial charge in [0.2, 0.25) is 0 Å². The molecule has 1 aliphatic carbocycles. The van der Waals surface area contributed by atoms with Gasteiger partial charge in [-0.15, -0.1) is 0 Å². The molecular formula is C16H21ClN2O3. The van der Waals surface area contributed by atoms with Crippen molar-refractivity contribution in [3.63, 3.8) is 0 Å². The van der Waals surface area contributed by atoms with Crippen molar-refractivity contribution in [1.29, 1.82) is 0 Å². The normalized spacial score (nSPS) is 21.2. The van der Waals surface area contributed by atoms with Crippen molar-refractivity contribution < 1.29 is 14.7 Å². The van der Waals surface area contributed by atoms with Gasteiger partial charge in [0, 0.05) is 6.54 Å². The Labute approximate surface area is 135 Å². The number of nitrogens with one attached hydrogen (secondary N) is 2. The second-order valence-corrected chi connectivity index (χ2v) is 6.17. The molecule has 0 heterocycles. The van der Waals surface area contributed by atoms with Gasteiger partial charge in [0.05, 0.1) is 16.8 Å². The van der Waals surface area contributed by atoms with Crippen molar-refractivity contribution in [2.75, 3.05) is 11.9 Å². The Bertz CT molecular complexity index is 562. The number of aliphatic hydroxyl groups excluding tert-OH is 1. The molecule has 22 heavy (non-hydrogen) atoms. The molecule has 6 heteroatoms. The highest BCUT2D eigenvalue weighted by atomic mass is 35.5. The van der Waals surface area contributed by atoms with E-state index in [-0.39, 0.29) is 12.0 Å². The van der Waals surface area contributed by atoms with Gasteiger partial charge >= 0.3 is 11.8 Å². The van der Waals surface area contributed by atoms with Crippen LogP contribution in [0.2, 0.25) is 5.02 Å². The van der Waals surface area contributed by atoms with E-state index in [2.05, 4.69) is 10.6 Å². The first kappa shape index (κ1) is 16.8. The molecule has 2 amide bonds. The van der Waals surface area contributed by atoms with Crippen molar-refractivity contribution >= 4 is 29.1 Å². The largest absolute Gasteiger partial charge is 0.393 e. The molecule has 2 atom stereocenters. The molecule has 1 saturated carbocycles. The minimum absolute atomic E-state index is 0.225. The zero-order valence-electron chi connectivity index (χ0n) is 12.6. The maximum absolute atomic E-state index is 11.9. The van der Waals surface area contributed by atoms with Crippen LogP contribution in [0.3, 0.4) is 0 Å². The summed E-state index contributed by atoms with van der Waals surface area (Å²) >= 11 is 6.08. The Morgan fingerprint density at radius 1 is 1.32 bits per heavy atom. The van der Waals surface area contributed by atoms with E-state index in [0.717, 1.165) is 24.8 Å². The fourth-order valence-electron chi connectivity index (χ4n) is 2.69. The van der Waals surface area contributed by atoms with E-state index in [9.17, 15) is 14.7 Å². The van der Waals surface area contributed by atoms with Gasteiger partial charge in [-0.05, 0) is 43.7 Å². The predicted octanol–water partition coefficient (Wildman–Crippen LogP) is 2.25. The molecule has 2 rings (SSSR count). The van der Waals surface area contributed by atoms with Gasteiger partial charge < -0.3 is 15.7 Å². The van der Waals surface area contributed by atoms with Gasteiger partial charge in [-0.1, -0.05) is 30.2 Å². The van der Waals surface area contributed by atoms with Crippen molar-refractivity contribution in [1.82, 2.24) is 5.32 Å². The number of hydrogen-bond acceptors (Lipinski definition) is 3. The molecule has 0 spiro atoms. The molecule has 0 bridgehead atoms. The topological polar surface area (TPSA) is 78.4 Å². The SMILES string of the molecule is Cc1cccc(NC(=O)C(=O)NCC2CCCC(O)C2)c1Cl. The van der Waals surface area contributed by atoms with Crippen LogP contribution in [0.1, 0.15) is 31.2 Å². The van der Waals surface area contributed by atoms with E-state index in [1.807, 2.05) is 13.0 Å². The Balaban J connectivity index is 1.84. The van der Waals surface area contributed by atoms with E-state index in [0.29, 0.717) is 23.7 Å². The van der Waals surface area contributed by atoms with Crippen LogP contribution in [0, 0.1) is 12.8 Å². The summed E-state index contributed by atoms with van der Waals surface area (Å²) in [7, 11) is 0. The number of carbonyl (C=O) groups is 2. The van der Waals surface area contributed by atoms with Crippen LogP contribution in [0.15, 0.2) is 18.2 Å². The van der Waals surface area contributed by atoms with E-state index in [1.165, 1.54) is 0 Å². The first-order chi connectivity index (χ1) is 10.5. The fourth-order valence-corrected chi connectivity index (χ4v) is 2.86. The minimum atomic E-state index is -0.733. The quantitative estimate of drug-likeness (QED) is 0.746. The summed E-state index contributed by atoms with van der Waals surface area (Å²) in [5.74, 6) is -1.19. The van der Waals surface area contributed by atoms with E-state index in [1.54, 1.807) is 12.1 Å². The molecule has 5 nitrogen and oxygen atoms in total. The molecule has 1 aliphatic rings. The smallest absolute Gasteiger partial charge is 0.313 e. The van der Waals surface area contributed by atoms with Crippen molar-refractivity contribution in [3.8, 4) is 0 Å². The zero-order valence-corrected chi connectivity index (χ0v) is 13.3. The van der Waals surface area contributed by atoms with Gasteiger partial charge in [0.25, 0.3) is 0 Å². The molecule has 1 fully saturated rings. The number of halogens is 1. The molecule has 0 aromatic heterocycles. The van der Waals surface area contributed by atoms with Crippen LogP contribution in [0.25, 0.3) is 0 Å². The van der Waals surface area contributed by atoms with Gasteiger partial charge in [0.15, 0.2) is 0 Å². The van der Waals surface area contributed by atoms with Crippen molar-refractivity contribution in [3.05, 3.63) is 28.8 Å². The summed E-state index contributed by atoms with van der Waals surface area (Å²) < 4.78 is 0. The Kier molecular flexibility index (Phi) is 5.80. The molecule has 2 unspecified atom stereocenters. The van der Waals surface area contributed by atoms with Crippen molar-refractivity contribution in [2.45, 2.75) is 38.7 Å². The monoisotopic (exact) mass is 324 g/mol. The highest BCUT2D eigenvalue weighted by molar-refractivity contribution is 6.41. The summed E-state index contributed by atoms with van der Waals surface area (Å²) in [6.07, 6.45) is 3.10. The molecule has 3 N–H and O–H groups in total. The van der Waals surface area contributed by atoms with Gasteiger partial charge in [-0.2, -0.15) is 0 Å². The lowest BCUT2D eigenvalue weighted by Crippen LogP contribution is -2.39. The zero-order chi connectivity index (χ0) is 16.1. The van der Waals surface area contributed by atoms with Crippen LogP contribution < -0.4 is 10.6 Å². The molecule has 0 saturated heterocycles. The third-order valence-corrected chi connectivity index (χ3v) is 4.45. The second-order valence-electron chi connectivity index (χ2n) is 5.79. The number of aryl methyl sites for hydroxylation is 1. The summed E-state index contributed by atoms with van der Waals surface area (Å²) in [5.41, 5.74) is 1.26. The van der Waals surface area contributed by atoms with Crippen molar-refractivity contribution in [2.24, 2.45) is 5.92 Å². The Morgan fingerprint density at radius 3 is 2.82 bits per heavy atom. The van der Waals surface area contributed by atoms with Gasteiger partial charge in [0.1, 0.15) is 0 Å². The highest BCUT2D eigenvalue weighted by Crippen LogP contribution is 2.25. The minimum Gasteiger partial charge on any atom is -0.393 e. The predicted molar refractivity (Wildman–Crippen MR) is 85.8 cm³/mol. The number of benzene rings is 1. The Hall–Kier alpha value is -1.59. The van der Waals surface area contributed by atoms with E-state index in [4.69, 9.17) is 11.6 Å². The maximum atomic E-state index is 11.9. The standard InChI is InChI=1S/C16H21ClN2O3/c1-10-4-2-7-13(14(10)17)19-16(22)15(21)18-9-11-5-3-6-12(20)8-11/h2,4,7,11-12,20H,3,5-6,8-9H2,1H3,(H,18,21)(H,19,22). The first-order valence-corrected chi connectivity index (χ1v) is 7.87. The average molecular weight is 325 g/mol. The van der Waals surface area contributed by atoms with Gasteiger partial charge in [-0.25, -0.2) is 0 Å². The van der Waals surface area contributed by atoms with Crippen LogP contribution in [-0.2, 0) is 9.59 Å². The summed E-state index contributed by atoms with van der Waals surface area (Å²) in [4.78, 5) is 23.7. The van der Waals surface area contributed by atoms with Gasteiger partial charge in [-0.3, -0.25) is 9.59 Å². The molecular weight excluding hydrogens is 304 g/mol. The summed E-state index contributed by atoms with van der Waals surface area (Å²) in [6.45, 7) is 2.23. The first-order valence-electron chi connectivity index (χ1n) is 7.49.